The van der Waals surface area contributed by atoms with Crippen LogP contribution in [0.4, 0.5) is 0 Å². The van der Waals surface area contributed by atoms with Gasteiger partial charge in [0.2, 0.25) is 14.7 Å². The Morgan fingerprint density at radius 2 is 2.00 bits per heavy atom. The van der Waals surface area contributed by atoms with Gasteiger partial charge in [0.15, 0.2) is 5.78 Å². The third-order valence-electron chi connectivity index (χ3n) is 1.80. The van der Waals surface area contributed by atoms with Crippen LogP contribution in [0.1, 0.15) is 20.8 Å². The molecule has 0 saturated carbocycles. The number of ketones is 1. The van der Waals surface area contributed by atoms with Crippen molar-refractivity contribution >= 4 is 42.9 Å². The van der Waals surface area contributed by atoms with Gasteiger partial charge in [0.25, 0.3) is 0 Å². The molecule has 17 heavy (non-hydrogen) atoms. The van der Waals surface area contributed by atoms with Crippen LogP contribution in [0.5, 0.6) is 0 Å². The molecule has 0 aliphatic rings. The van der Waals surface area contributed by atoms with Crippen LogP contribution in [0.25, 0.3) is 0 Å². The fourth-order valence-corrected chi connectivity index (χ4v) is 0.803. The predicted octanol–water partition coefficient (Wildman–Crippen LogP) is -1.22. The highest BCUT2D eigenvalue weighted by Crippen LogP contribution is 2.13. The first kappa shape index (κ1) is 16.6. The van der Waals surface area contributed by atoms with Crippen molar-refractivity contribution in [3.8, 4) is 0 Å². The van der Waals surface area contributed by atoms with Gasteiger partial charge in [0.1, 0.15) is 14.9 Å². The van der Waals surface area contributed by atoms with E-state index in [1.165, 1.54) is 28.8 Å². The molecular weight excluding hydrogens is 214 g/mol. The molecule has 0 rings (SSSR count). The van der Waals surface area contributed by atoms with Gasteiger partial charge < -0.3 is 14.3 Å². The third kappa shape index (κ3) is 6.81. The Bertz CT molecular complexity index is 269. The summed E-state index contributed by atoms with van der Waals surface area (Å²) in [4.78, 5) is 11.3. The molecule has 0 amide bonds. The van der Waals surface area contributed by atoms with E-state index in [2.05, 4.69) is 6.58 Å². The van der Waals surface area contributed by atoms with Gasteiger partial charge in [-0.25, -0.2) is 0 Å². The summed E-state index contributed by atoms with van der Waals surface area (Å²) in [5, 5.41) is 8.42. The minimum atomic E-state index is -1.46. The van der Waals surface area contributed by atoms with Crippen molar-refractivity contribution in [1.29, 1.82) is 0 Å². The lowest BCUT2D eigenvalue weighted by molar-refractivity contribution is -0.122. The van der Waals surface area contributed by atoms with E-state index in [1.807, 2.05) is 0 Å². The van der Waals surface area contributed by atoms with Crippen LogP contribution in [0.15, 0.2) is 12.7 Å². The Kier molecular flexibility index (Phi) is 6.98. The van der Waals surface area contributed by atoms with Crippen molar-refractivity contribution in [2.45, 2.75) is 31.8 Å². The van der Waals surface area contributed by atoms with E-state index in [0.717, 1.165) is 13.4 Å². The van der Waals surface area contributed by atoms with Gasteiger partial charge in [0.05, 0.1) is 5.50 Å². The molecule has 0 aromatic carbocycles. The summed E-state index contributed by atoms with van der Waals surface area (Å²) in [6.45, 7) is 8.19. The second-order valence-electron chi connectivity index (χ2n) is 4.11. The predicted molar refractivity (Wildman–Crippen MR) is 70.8 cm³/mol. The van der Waals surface area contributed by atoms with Gasteiger partial charge >= 0.3 is 7.48 Å². The molecule has 1 atom stereocenters. The van der Waals surface area contributed by atoms with Crippen LogP contribution in [0, 0.1) is 0 Å². The average Bonchev–Trinajstić information content (AvgIpc) is 2.26. The molecule has 0 aliphatic carbocycles. The zero-order valence-electron chi connectivity index (χ0n) is 10.3. The van der Waals surface area contributed by atoms with E-state index >= 15 is 0 Å². The zero-order valence-corrected chi connectivity index (χ0v) is 10.3. The lowest BCUT2D eigenvalue weighted by Gasteiger charge is -2.30. The molecule has 1 unspecified atom stereocenters. The van der Waals surface area contributed by atoms with Gasteiger partial charge in [-0.2, -0.15) is 0 Å². The number of hydrogen-bond donors (Lipinski definition) is 1. The van der Waals surface area contributed by atoms with E-state index in [4.69, 9.17) is 22.2 Å². The lowest BCUT2D eigenvalue weighted by atomic mass is 9.32. The molecule has 0 aromatic rings. The largest absolute Gasteiger partial charge is 0.466 e. The summed E-state index contributed by atoms with van der Waals surface area (Å²) in [6.07, 6.45) is 1.10. The number of carbonyl (C=O) groups excluding carboxylic acids is 1. The van der Waals surface area contributed by atoms with Gasteiger partial charge in [-0.15, -0.1) is 0 Å². The molecule has 84 valence electrons. The van der Waals surface area contributed by atoms with Crippen LogP contribution >= 0.6 is 0 Å². The number of carbonyl (C=O) groups is 1. The van der Waals surface area contributed by atoms with Crippen LogP contribution in [0.3, 0.4) is 0 Å². The first-order valence-corrected chi connectivity index (χ1v) is 5.03. The normalized spacial score (nSPS) is 14.4. The topological polar surface area (TPSA) is 55.8 Å². The molecule has 0 heterocycles. The smallest absolute Gasteiger partial charge is 0.325 e. The molecule has 0 aromatic heterocycles. The quantitative estimate of drug-likeness (QED) is 0.305. The lowest BCUT2D eigenvalue weighted by Crippen LogP contribution is -2.46. The van der Waals surface area contributed by atoms with Gasteiger partial charge in [0, 0.05) is 5.50 Å². The molecule has 0 saturated heterocycles. The molecule has 0 bridgehead atoms. The van der Waals surface area contributed by atoms with Crippen LogP contribution < -0.4 is 0 Å². The van der Waals surface area contributed by atoms with E-state index in [0.29, 0.717) is 0 Å². The molecule has 0 fully saturated rings. The molecule has 1 N–H and O–H groups in total. The standard InChI is InChI=1S/C8H13B5O4/c1-5-6(14)8(4,9)17-10-7(2,3)16-13-11-12-15/h5,15H,1H2,2-4H3. The maximum absolute atomic E-state index is 11.3. The van der Waals surface area contributed by atoms with E-state index in [9.17, 15) is 4.79 Å². The minimum absolute atomic E-state index is 0.427. The summed E-state index contributed by atoms with van der Waals surface area (Å²) in [5.41, 5.74) is -2.25. The van der Waals surface area contributed by atoms with Gasteiger partial charge in [-0.05, 0) is 26.8 Å². The van der Waals surface area contributed by atoms with Crippen molar-refractivity contribution in [3.05, 3.63) is 12.7 Å². The summed E-state index contributed by atoms with van der Waals surface area (Å²) < 4.78 is 10.4. The Labute approximate surface area is 107 Å². The van der Waals surface area contributed by atoms with E-state index < -0.39 is 16.8 Å². The van der Waals surface area contributed by atoms with Gasteiger partial charge in [-0.1, -0.05) is 6.58 Å². The Morgan fingerprint density at radius 3 is 2.47 bits per heavy atom. The number of rotatable bonds is 9. The van der Waals surface area contributed by atoms with E-state index in [-0.39, 0.29) is 0 Å². The van der Waals surface area contributed by atoms with Crippen molar-refractivity contribution in [3.63, 3.8) is 0 Å². The Balaban J connectivity index is 4.15. The van der Waals surface area contributed by atoms with Crippen LogP contribution in [-0.2, 0) is 14.1 Å². The minimum Gasteiger partial charge on any atom is -0.466 e. The van der Waals surface area contributed by atoms with Crippen molar-refractivity contribution in [2.75, 3.05) is 0 Å². The van der Waals surface area contributed by atoms with E-state index in [1.54, 1.807) is 13.8 Å². The van der Waals surface area contributed by atoms with Crippen LogP contribution in [-0.4, -0.2) is 58.9 Å². The maximum Gasteiger partial charge on any atom is 0.325 e. The highest BCUT2D eigenvalue weighted by atomic mass is 16.5. The second-order valence-corrected chi connectivity index (χ2v) is 4.11. The fraction of sp³-hybridized carbons (Fsp3) is 0.625. The summed E-state index contributed by atoms with van der Waals surface area (Å²) in [5.74, 6) is -0.427. The van der Waals surface area contributed by atoms with Crippen molar-refractivity contribution in [2.24, 2.45) is 0 Å². The summed E-state index contributed by atoms with van der Waals surface area (Å²) >= 11 is 0. The first-order valence-electron chi connectivity index (χ1n) is 5.03. The zero-order chi connectivity index (χ0) is 13.5. The third-order valence-corrected chi connectivity index (χ3v) is 1.80. The summed E-state index contributed by atoms with van der Waals surface area (Å²) in [7, 11) is 10.4. The molecule has 0 aliphatic heterocycles. The van der Waals surface area contributed by atoms with Crippen molar-refractivity contribution < 1.29 is 19.1 Å². The highest BCUT2D eigenvalue weighted by Gasteiger charge is 2.30. The Hall–Kier alpha value is -0.385. The van der Waals surface area contributed by atoms with Gasteiger partial charge in [-0.3, -0.25) is 4.79 Å². The maximum atomic E-state index is 11.3. The first-order chi connectivity index (χ1) is 7.75. The average molecular weight is 227 g/mol. The fourth-order valence-electron chi connectivity index (χ4n) is 0.803. The SMILES string of the molecule is [B]C(C)(O[B]C(C)(C)O[B][B][B]O)C(=O)C=C. The molecular formula is C8H13B5O4. The summed E-state index contributed by atoms with van der Waals surface area (Å²) in [6, 6.07) is 0. The molecule has 6 radical (unpaired) electrons. The molecule has 0 spiro atoms. The second kappa shape index (κ2) is 7.14. The van der Waals surface area contributed by atoms with Crippen LogP contribution in [0.2, 0.25) is 0 Å². The molecule has 9 heteroatoms. The highest BCUT2D eigenvalue weighted by molar-refractivity contribution is 7.25. The Morgan fingerprint density at radius 1 is 1.41 bits per heavy atom. The number of hydrogen-bond acceptors (Lipinski definition) is 4. The molecule has 4 nitrogen and oxygen atoms in total. The van der Waals surface area contributed by atoms with Crippen molar-refractivity contribution in [1.82, 2.24) is 0 Å². The monoisotopic (exact) mass is 228 g/mol.